The van der Waals surface area contributed by atoms with Crippen LogP contribution < -0.4 is 10.0 Å². The van der Waals surface area contributed by atoms with Crippen LogP contribution in [0.2, 0.25) is 0 Å². The minimum atomic E-state index is -3.30. The first-order chi connectivity index (χ1) is 9.88. The third-order valence-electron chi connectivity index (χ3n) is 3.79. The first kappa shape index (κ1) is 18.1. The summed E-state index contributed by atoms with van der Waals surface area (Å²) in [5.74, 6) is 0.369. The first-order valence-electron chi connectivity index (χ1n) is 7.66. The molecule has 5 heteroatoms. The lowest BCUT2D eigenvalue weighted by atomic mass is 10.0. The molecule has 0 saturated heterocycles. The summed E-state index contributed by atoms with van der Waals surface area (Å²) >= 11 is 0. The molecule has 0 saturated carbocycles. The zero-order valence-corrected chi connectivity index (χ0v) is 14.3. The quantitative estimate of drug-likeness (QED) is 0.737. The van der Waals surface area contributed by atoms with Gasteiger partial charge in [0.15, 0.2) is 0 Å². The van der Waals surface area contributed by atoms with Gasteiger partial charge in [-0.15, -0.1) is 0 Å². The maximum Gasteiger partial charge on any atom is 0.216 e. The Morgan fingerprint density at radius 3 is 2.43 bits per heavy atom. The Hall–Kier alpha value is -0.910. The predicted molar refractivity (Wildman–Crippen MR) is 88.5 cm³/mol. The predicted octanol–water partition coefficient (Wildman–Crippen LogP) is 2.65. The monoisotopic (exact) mass is 312 g/mol. The van der Waals surface area contributed by atoms with Gasteiger partial charge in [-0.25, -0.2) is 13.1 Å². The van der Waals surface area contributed by atoms with Crippen LogP contribution in [0, 0.1) is 5.92 Å². The fourth-order valence-electron chi connectivity index (χ4n) is 2.11. The van der Waals surface area contributed by atoms with Gasteiger partial charge in [-0.1, -0.05) is 51.5 Å². The molecule has 0 fully saturated rings. The Balaban J connectivity index is 2.70. The van der Waals surface area contributed by atoms with Gasteiger partial charge in [0.2, 0.25) is 10.0 Å². The standard InChI is InChI=1S/C16H28N2O2S/c1-5-13(3)14(4)18-21(19,20)12-16-9-7-8-15(10-16)11-17-6-2/h7-10,13-14,17-18H,5-6,11-12H2,1-4H3. The molecule has 0 aliphatic carbocycles. The van der Waals surface area contributed by atoms with Crippen LogP contribution in [0.3, 0.4) is 0 Å². The van der Waals surface area contributed by atoms with E-state index in [2.05, 4.69) is 30.8 Å². The molecule has 2 atom stereocenters. The number of sulfonamides is 1. The molecule has 0 aromatic heterocycles. The molecule has 0 spiro atoms. The summed E-state index contributed by atoms with van der Waals surface area (Å²) in [7, 11) is -3.30. The van der Waals surface area contributed by atoms with Gasteiger partial charge < -0.3 is 5.32 Å². The van der Waals surface area contributed by atoms with Crippen molar-refractivity contribution in [2.24, 2.45) is 5.92 Å². The van der Waals surface area contributed by atoms with Crippen LogP contribution in [-0.4, -0.2) is 21.0 Å². The highest BCUT2D eigenvalue weighted by molar-refractivity contribution is 7.88. The fraction of sp³-hybridized carbons (Fsp3) is 0.625. The van der Waals surface area contributed by atoms with E-state index in [4.69, 9.17) is 0 Å². The summed E-state index contributed by atoms with van der Waals surface area (Å²) in [6, 6.07) is 7.70. The lowest BCUT2D eigenvalue weighted by Gasteiger charge is -2.19. The fourth-order valence-corrected chi connectivity index (χ4v) is 3.61. The second-order valence-corrected chi connectivity index (χ2v) is 7.41. The zero-order valence-electron chi connectivity index (χ0n) is 13.5. The molecule has 0 bridgehead atoms. The molecular weight excluding hydrogens is 284 g/mol. The minimum Gasteiger partial charge on any atom is -0.313 e. The van der Waals surface area contributed by atoms with Crippen LogP contribution >= 0.6 is 0 Å². The van der Waals surface area contributed by atoms with Crippen molar-refractivity contribution < 1.29 is 8.42 Å². The van der Waals surface area contributed by atoms with E-state index in [1.807, 2.05) is 31.2 Å². The van der Waals surface area contributed by atoms with Crippen molar-refractivity contribution in [3.05, 3.63) is 35.4 Å². The Bertz CT molecular complexity index is 529. The SMILES string of the molecule is CCNCc1cccc(CS(=O)(=O)NC(C)C(C)CC)c1. The maximum atomic E-state index is 12.2. The molecule has 2 unspecified atom stereocenters. The minimum absolute atomic E-state index is 0.0355. The third-order valence-corrected chi connectivity index (χ3v) is 5.23. The second-order valence-electron chi connectivity index (χ2n) is 5.65. The van der Waals surface area contributed by atoms with E-state index in [0.29, 0.717) is 5.92 Å². The molecule has 1 aromatic carbocycles. The Morgan fingerprint density at radius 2 is 1.81 bits per heavy atom. The average molecular weight is 312 g/mol. The summed E-state index contributed by atoms with van der Waals surface area (Å²) in [5.41, 5.74) is 1.94. The Labute approximate surface area is 129 Å². The van der Waals surface area contributed by atoms with Gasteiger partial charge >= 0.3 is 0 Å². The summed E-state index contributed by atoms with van der Waals surface area (Å²) in [5, 5.41) is 3.24. The van der Waals surface area contributed by atoms with E-state index in [0.717, 1.165) is 30.6 Å². The molecule has 0 heterocycles. The van der Waals surface area contributed by atoms with Crippen molar-refractivity contribution in [2.45, 2.75) is 52.5 Å². The second kappa shape index (κ2) is 8.51. The maximum absolute atomic E-state index is 12.2. The van der Waals surface area contributed by atoms with Gasteiger partial charge in [0, 0.05) is 12.6 Å². The molecule has 21 heavy (non-hydrogen) atoms. The zero-order chi connectivity index (χ0) is 15.9. The van der Waals surface area contributed by atoms with Gasteiger partial charge in [0.05, 0.1) is 5.75 Å². The van der Waals surface area contributed by atoms with Crippen LogP contribution in [0.5, 0.6) is 0 Å². The van der Waals surface area contributed by atoms with Gasteiger partial charge in [-0.3, -0.25) is 0 Å². The topological polar surface area (TPSA) is 58.2 Å². The molecule has 0 amide bonds. The lowest BCUT2D eigenvalue weighted by molar-refractivity contribution is 0.434. The first-order valence-corrected chi connectivity index (χ1v) is 9.31. The van der Waals surface area contributed by atoms with Crippen molar-refractivity contribution in [2.75, 3.05) is 6.54 Å². The van der Waals surface area contributed by atoms with E-state index < -0.39 is 10.0 Å². The number of benzene rings is 1. The van der Waals surface area contributed by atoms with E-state index in [9.17, 15) is 8.42 Å². The summed E-state index contributed by atoms with van der Waals surface area (Å²) < 4.78 is 27.2. The summed E-state index contributed by atoms with van der Waals surface area (Å²) in [4.78, 5) is 0. The van der Waals surface area contributed by atoms with E-state index in [1.165, 1.54) is 0 Å². The average Bonchev–Trinajstić information content (AvgIpc) is 2.43. The highest BCUT2D eigenvalue weighted by Crippen LogP contribution is 2.12. The highest BCUT2D eigenvalue weighted by Gasteiger charge is 2.18. The number of hydrogen-bond acceptors (Lipinski definition) is 3. The molecule has 4 nitrogen and oxygen atoms in total. The molecule has 0 radical (unpaired) electrons. The van der Waals surface area contributed by atoms with Gasteiger partial charge in [0.25, 0.3) is 0 Å². The van der Waals surface area contributed by atoms with E-state index >= 15 is 0 Å². The number of hydrogen-bond donors (Lipinski definition) is 2. The Morgan fingerprint density at radius 1 is 1.14 bits per heavy atom. The molecule has 0 aliphatic heterocycles. The van der Waals surface area contributed by atoms with Gasteiger partial charge in [-0.05, 0) is 30.5 Å². The number of nitrogens with one attached hydrogen (secondary N) is 2. The van der Waals surface area contributed by atoms with E-state index in [1.54, 1.807) is 0 Å². The van der Waals surface area contributed by atoms with Crippen LogP contribution in [0.15, 0.2) is 24.3 Å². The molecule has 1 aromatic rings. The summed E-state index contributed by atoms with van der Waals surface area (Å²) in [6.07, 6.45) is 0.960. The van der Waals surface area contributed by atoms with Crippen molar-refractivity contribution in [3.8, 4) is 0 Å². The molecule has 120 valence electrons. The lowest BCUT2D eigenvalue weighted by Crippen LogP contribution is -2.37. The van der Waals surface area contributed by atoms with Crippen LogP contribution in [0.25, 0.3) is 0 Å². The number of rotatable bonds is 9. The molecule has 2 N–H and O–H groups in total. The molecular formula is C16H28N2O2S. The van der Waals surface area contributed by atoms with Crippen molar-refractivity contribution in [1.82, 2.24) is 10.0 Å². The largest absolute Gasteiger partial charge is 0.313 e. The smallest absolute Gasteiger partial charge is 0.216 e. The van der Waals surface area contributed by atoms with Crippen molar-refractivity contribution >= 4 is 10.0 Å². The normalized spacial score (nSPS) is 14.9. The molecule has 1 rings (SSSR count). The van der Waals surface area contributed by atoms with Crippen molar-refractivity contribution in [1.29, 1.82) is 0 Å². The van der Waals surface area contributed by atoms with Crippen LogP contribution in [0.4, 0.5) is 0 Å². The van der Waals surface area contributed by atoms with Crippen LogP contribution in [-0.2, 0) is 22.3 Å². The van der Waals surface area contributed by atoms with Gasteiger partial charge in [-0.2, -0.15) is 0 Å². The summed E-state index contributed by atoms with van der Waals surface area (Å²) in [6.45, 7) is 9.77. The third kappa shape index (κ3) is 6.59. The van der Waals surface area contributed by atoms with Crippen LogP contribution in [0.1, 0.15) is 45.2 Å². The van der Waals surface area contributed by atoms with E-state index in [-0.39, 0.29) is 11.8 Å². The molecule has 0 aliphatic rings. The van der Waals surface area contributed by atoms with Crippen molar-refractivity contribution in [3.63, 3.8) is 0 Å². The Kier molecular flexibility index (Phi) is 7.35. The highest BCUT2D eigenvalue weighted by atomic mass is 32.2. The van der Waals surface area contributed by atoms with Gasteiger partial charge in [0.1, 0.15) is 0 Å².